The number of pyridine rings is 1. The van der Waals surface area contributed by atoms with Crippen LogP contribution in [0.15, 0.2) is 36.5 Å². The minimum atomic E-state index is 0.616. The molecule has 3 rings (SSSR count). The number of nitrogens with zero attached hydrogens (tertiary/aromatic N) is 1. The SMILES string of the molecule is CC1CCC(Nc2ccc3ncccc3c2)C(C)C1. The van der Waals surface area contributed by atoms with Gasteiger partial charge in [-0.3, -0.25) is 4.98 Å². The van der Waals surface area contributed by atoms with Crippen LogP contribution in [0, 0.1) is 11.8 Å². The van der Waals surface area contributed by atoms with E-state index in [2.05, 4.69) is 48.4 Å². The largest absolute Gasteiger partial charge is 0.382 e. The van der Waals surface area contributed by atoms with Crippen molar-refractivity contribution >= 4 is 16.6 Å². The van der Waals surface area contributed by atoms with E-state index in [4.69, 9.17) is 0 Å². The van der Waals surface area contributed by atoms with Crippen LogP contribution in [0.25, 0.3) is 10.9 Å². The van der Waals surface area contributed by atoms with E-state index in [9.17, 15) is 0 Å². The molecule has 2 nitrogen and oxygen atoms in total. The van der Waals surface area contributed by atoms with E-state index < -0.39 is 0 Å². The molecule has 1 heterocycles. The molecule has 2 heteroatoms. The average molecular weight is 254 g/mol. The third-order valence-corrected chi connectivity index (χ3v) is 4.39. The van der Waals surface area contributed by atoms with Crippen molar-refractivity contribution in [3.63, 3.8) is 0 Å². The highest BCUT2D eigenvalue weighted by molar-refractivity contribution is 5.82. The Labute approximate surface area is 115 Å². The third-order valence-electron chi connectivity index (χ3n) is 4.39. The molecule has 1 aromatic carbocycles. The molecule has 1 aromatic heterocycles. The molecule has 3 unspecified atom stereocenters. The zero-order valence-corrected chi connectivity index (χ0v) is 11.8. The number of benzene rings is 1. The van der Waals surface area contributed by atoms with Gasteiger partial charge >= 0.3 is 0 Å². The molecular weight excluding hydrogens is 232 g/mol. The Bertz CT molecular complexity index is 564. The van der Waals surface area contributed by atoms with Crippen LogP contribution in [-0.4, -0.2) is 11.0 Å². The molecule has 0 bridgehead atoms. The zero-order valence-electron chi connectivity index (χ0n) is 11.8. The Morgan fingerprint density at radius 3 is 2.89 bits per heavy atom. The first-order valence-corrected chi connectivity index (χ1v) is 7.33. The molecule has 2 aromatic rings. The van der Waals surface area contributed by atoms with Crippen molar-refractivity contribution in [2.45, 2.75) is 39.2 Å². The Morgan fingerprint density at radius 1 is 1.16 bits per heavy atom. The third kappa shape index (κ3) is 2.73. The van der Waals surface area contributed by atoms with E-state index in [1.807, 2.05) is 12.3 Å². The van der Waals surface area contributed by atoms with Crippen LogP contribution in [0.3, 0.4) is 0 Å². The second-order valence-electron chi connectivity index (χ2n) is 6.06. The Morgan fingerprint density at radius 2 is 2.05 bits per heavy atom. The van der Waals surface area contributed by atoms with Crippen LogP contribution in [-0.2, 0) is 0 Å². The lowest BCUT2D eigenvalue weighted by Gasteiger charge is -2.33. The first-order valence-electron chi connectivity index (χ1n) is 7.33. The quantitative estimate of drug-likeness (QED) is 0.855. The molecule has 100 valence electrons. The van der Waals surface area contributed by atoms with Gasteiger partial charge in [0.25, 0.3) is 0 Å². The lowest BCUT2D eigenvalue weighted by molar-refractivity contribution is 0.276. The molecule has 1 saturated carbocycles. The summed E-state index contributed by atoms with van der Waals surface area (Å²) in [5.74, 6) is 1.64. The smallest absolute Gasteiger partial charge is 0.0703 e. The van der Waals surface area contributed by atoms with Crippen LogP contribution in [0.4, 0.5) is 5.69 Å². The number of anilines is 1. The molecule has 1 aliphatic rings. The van der Waals surface area contributed by atoms with Crippen molar-refractivity contribution in [1.29, 1.82) is 0 Å². The first kappa shape index (κ1) is 12.5. The minimum absolute atomic E-state index is 0.616. The molecule has 1 aliphatic carbocycles. The van der Waals surface area contributed by atoms with Crippen molar-refractivity contribution in [2.75, 3.05) is 5.32 Å². The number of nitrogens with one attached hydrogen (secondary N) is 1. The van der Waals surface area contributed by atoms with Gasteiger partial charge in [0.15, 0.2) is 0 Å². The molecular formula is C17H22N2. The standard InChI is InChI=1S/C17H22N2/c1-12-5-7-16(13(2)10-12)19-15-6-8-17-14(11-15)4-3-9-18-17/h3-4,6,8-9,11-13,16,19H,5,7,10H2,1-2H3. The van der Waals surface area contributed by atoms with E-state index in [1.54, 1.807) is 0 Å². The van der Waals surface area contributed by atoms with Gasteiger partial charge < -0.3 is 5.32 Å². The summed E-state index contributed by atoms with van der Waals surface area (Å²) in [5.41, 5.74) is 2.30. The molecule has 0 saturated heterocycles. The summed E-state index contributed by atoms with van der Waals surface area (Å²) in [5, 5.41) is 4.93. The molecule has 0 spiro atoms. The lowest BCUT2D eigenvalue weighted by Crippen LogP contribution is -2.32. The normalized spacial score (nSPS) is 27.4. The van der Waals surface area contributed by atoms with Crippen LogP contribution in [0.2, 0.25) is 0 Å². The number of rotatable bonds is 2. The maximum atomic E-state index is 4.37. The Balaban J connectivity index is 1.77. The molecule has 3 atom stereocenters. The monoisotopic (exact) mass is 254 g/mol. The fourth-order valence-corrected chi connectivity index (χ4v) is 3.26. The summed E-state index contributed by atoms with van der Waals surface area (Å²) in [7, 11) is 0. The van der Waals surface area contributed by atoms with Crippen LogP contribution < -0.4 is 5.32 Å². The van der Waals surface area contributed by atoms with Crippen molar-refractivity contribution in [3.8, 4) is 0 Å². The van der Waals surface area contributed by atoms with Gasteiger partial charge in [0.2, 0.25) is 0 Å². The summed E-state index contributed by atoms with van der Waals surface area (Å²) in [6.07, 6.45) is 5.82. The number of hydrogen-bond acceptors (Lipinski definition) is 2. The van der Waals surface area contributed by atoms with E-state index in [0.29, 0.717) is 6.04 Å². The Hall–Kier alpha value is -1.57. The topological polar surface area (TPSA) is 24.9 Å². The number of fused-ring (bicyclic) bond motifs is 1. The fourth-order valence-electron chi connectivity index (χ4n) is 3.26. The maximum absolute atomic E-state index is 4.37. The van der Waals surface area contributed by atoms with Gasteiger partial charge in [-0.1, -0.05) is 19.9 Å². The van der Waals surface area contributed by atoms with Gasteiger partial charge in [-0.2, -0.15) is 0 Å². The van der Waals surface area contributed by atoms with Gasteiger partial charge in [0.05, 0.1) is 5.52 Å². The minimum Gasteiger partial charge on any atom is -0.382 e. The lowest BCUT2D eigenvalue weighted by atomic mass is 9.80. The first-order chi connectivity index (χ1) is 9.22. The fraction of sp³-hybridized carbons (Fsp3) is 0.471. The van der Waals surface area contributed by atoms with Crippen molar-refractivity contribution in [3.05, 3.63) is 36.5 Å². The summed E-state index contributed by atoms with van der Waals surface area (Å²) in [6, 6.07) is 11.2. The van der Waals surface area contributed by atoms with E-state index in [0.717, 1.165) is 17.4 Å². The zero-order chi connectivity index (χ0) is 13.2. The highest BCUT2D eigenvalue weighted by Gasteiger charge is 2.24. The molecule has 0 aliphatic heterocycles. The second-order valence-corrected chi connectivity index (χ2v) is 6.06. The summed E-state index contributed by atoms with van der Waals surface area (Å²) >= 11 is 0. The predicted octanol–water partition coefficient (Wildman–Crippen LogP) is 4.47. The van der Waals surface area contributed by atoms with Crippen molar-refractivity contribution in [2.24, 2.45) is 11.8 Å². The molecule has 19 heavy (non-hydrogen) atoms. The highest BCUT2D eigenvalue weighted by Crippen LogP contribution is 2.31. The van der Waals surface area contributed by atoms with Crippen LogP contribution in [0.1, 0.15) is 33.1 Å². The van der Waals surface area contributed by atoms with Crippen LogP contribution in [0.5, 0.6) is 0 Å². The molecule has 1 N–H and O–H groups in total. The van der Waals surface area contributed by atoms with Gasteiger partial charge in [0.1, 0.15) is 0 Å². The van der Waals surface area contributed by atoms with Gasteiger partial charge in [-0.05, 0) is 55.4 Å². The maximum Gasteiger partial charge on any atom is 0.0703 e. The second kappa shape index (κ2) is 5.20. The van der Waals surface area contributed by atoms with Crippen LogP contribution >= 0.6 is 0 Å². The molecule has 0 radical (unpaired) electrons. The number of aromatic nitrogens is 1. The Kier molecular flexibility index (Phi) is 3.41. The summed E-state index contributed by atoms with van der Waals surface area (Å²) in [6.45, 7) is 4.74. The molecule has 0 amide bonds. The van der Waals surface area contributed by atoms with E-state index in [-0.39, 0.29) is 0 Å². The van der Waals surface area contributed by atoms with Crippen molar-refractivity contribution in [1.82, 2.24) is 4.98 Å². The predicted molar refractivity (Wildman–Crippen MR) is 81.3 cm³/mol. The average Bonchev–Trinajstić information content (AvgIpc) is 2.42. The van der Waals surface area contributed by atoms with Crippen molar-refractivity contribution < 1.29 is 0 Å². The van der Waals surface area contributed by atoms with E-state index >= 15 is 0 Å². The highest BCUT2D eigenvalue weighted by atomic mass is 14.9. The van der Waals surface area contributed by atoms with E-state index in [1.165, 1.54) is 30.3 Å². The van der Waals surface area contributed by atoms with Gasteiger partial charge in [0, 0.05) is 23.3 Å². The summed E-state index contributed by atoms with van der Waals surface area (Å²) in [4.78, 5) is 4.37. The van der Waals surface area contributed by atoms with Gasteiger partial charge in [-0.15, -0.1) is 0 Å². The molecule has 1 fully saturated rings. The summed E-state index contributed by atoms with van der Waals surface area (Å²) < 4.78 is 0. The number of hydrogen-bond donors (Lipinski definition) is 1. The van der Waals surface area contributed by atoms with Gasteiger partial charge in [-0.25, -0.2) is 0 Å².